The lowest BCUT2D eigenvalue weighted by atomic mass is 9.79. The van der Waals surface area contributed by atoms with Gasteiger partial charge in [-0.1, -0.05) is 12.8 Å². The summed E-state index contributed by atoms with van der Waals surface area (Å²) in [6, 6.07) is 0. The summed E-state index contributed by atoms with van der Waals surface area (Å²) in [6.45, 7) is 2.13. The topological polar surface area (TPSA) is 92.2 Å². The number of aryl methyl sites for hydroxylation is 1. The minimum absolute atomic E-state index is 0.195. The number of carbonyl (C=O) groups excluding carboxylic acids is 1. The molecule has 0 aliphatic heterocycles. The summed E-state index contributed by atoms with van der Waals surface area (Å²) in [5.74, 6) is -2.06. The van der Waals surface area contributed by atoms with Gasteiger partial charge in [-0.05, 0) is 19.8 Å². The summed E-state index contributed by atoms with van der Waals surface area (Å²) in [4.78, 5) is 31.6. The maximum absolute atomic E-state index is 12.1. The highest BCUT2D eigenvalue weighted by atomic mass is 16.4. The number of aliphatic carboxylic acids is 1. The van der Waals surface area contributed by atoms with Crippen LogP contribution in [-0.2, 0) is 16.1 Å². The van der Waals surface area contributed by atoms with Crippen LogP contribution < -0.4 is 5.32 Å². The highest BCUT2D eigenvalue weighted by molar-refractivity contribution is 5.84. The molecule has 1 aliphatic rings. The van der Waals surface area contributed by atoms with E-state index >= 15 is 0 Å². The van der Waals surface area contributed by atoms with Crippen molar-refractivity contribution >= 4 is 11.9 Å². The Morgan fingerprint density at radius 3 is 2.55 bits per heavy atom. The zero-order chi connectivity index (χ0) is 14.5. The maximum atomic E-state index is 12.1. The predicted octanol–water partition coefficient (Wildman–Crippen LogP) is 1.29. The van der Waals surface area contributed by atoms with Crippen LogP contribution in [0.5, 0.6) is 0 Å². The van der Waals surface area contributed by atoms with Gasteiger partial charge in [0.15, 0.2) is 0 Å². The van der Waals surface area contributed by atoms with Gasteiger partial charge in [-0.15, -0.1) is 0 Å². The molecule has 2 unspecified atom stereocenters. The summed E-state index contributed by atoms with van der Waals surface area (Å²) >= 11 is 0. The van der Waals surface area contributed by atoms with E-state index in [4.69, 9.17) is 0 Å². The van der Waals surface area contributed by atoms with Crippen molar-refractivity contribution in [3.05, 3.63) is 23.8 Å². The van der Waals surface area contributed by atoms with E-state index in [0.29, 0.717) is 18.5 Å². The molecular weight excluding hydrogens is 258 g/mol. The molecule has 108 valence electrons. The fourth-order valence-corrected chi connectivity index (χ4v) is 2.56. The van der Waals surface area contributed by atoms with Gasteiger partial charge in [-0.2, -0.15) is 0 Å². The summed E-state index contributed by atoms with van der Waals surface area (Å²) in [6.07, 6.45) is 6.27. The predicted molar refractivity (Wildman–Crippen MR) is 71.7 cm³/mol. The lowest BCUT2D eigenvalue weighted by Gasteiger charge is -2.27. The van der Waals surface area contributed by atoms with Gasteiger partial charge in [-0.3, -0.25) is 19.6 Å². The highest BCUT2D eigenvalue weighted by Gasteiger charge is 2.35. The van der Waals surface area contributed by atoms with Gasteiger partial charge >= 0.3 is 5.97 Å². The Kier molecular flexibility index (Phi) is 4.65. The van der Waals surface area contributed by atoms with E-state index < -0.39 is 17.8 Å². The molecule has 1 aliphatic carbocycles. The number of hydrogen-bond acceptors (Lipinski definition) is 4. The van der Waals surface area contributed by atoms with Crippen molar-refractivity contribution in [3.63, 3.8) is 0 Å². The van der Waals surface area contributed by atoms with Crippen LogP contribution in [0, 0.1) is 18.8 Å². The number of amides is 1. The Morgan fingerprint density at radius 2 is 1.95 bits per heavy atom. The Labute approximate surface area is 117 Å². The highest BCUT2D eigenvalue weighted by Crippen LogP contribution is 2.30. The second-order valence-electron chi connectivity index (χ2n) is 5.20. The molecule has 1 aromatic rings. The van der Waals surface area contributed by atoms with Gasteiger partial charge in [0.25, 0.3) is 0 Å². The third-order valence-corrected chi connectivity index (χ3v) is 3.70. The van der Waals surface area contributed by atoms with Gasteiger partial charge in [0, 0.05) is 6.20 Å². The minimum Gasteiger partial charge on any atom is -0.481 e. The molecule has 20 heavy (non-hydrogen) atoms. The summed E-state index contributed by atoms with van der Waals surface area (Å²) in [5, 5.41) is 11.9. The van der Waals surface area contributed by atoms with Crippen molar-refractivity contribution in [2.45, 2.75) is 39.2 Å². The van der Waals surface area contributed by atoms with Crippen molar-refractivity contribution < 1.29 is 14.7 Å². The first-order chi connectivity index (χ1) is 9.58. The van der Waals surface area contributed by atoms with E-state index in [0.717, 1.165) is 18.5 Å². The van der Waals surface area contributed by atoms with Gasteiger partial charge in [-0.25, -0.2) is 0 Å². The number of rotatable bonds is 4. The van der Waals surface area contributed by atoms with Gasteiger partial charge in [0.1, 0.15) is 0 Å². The molecule has 1 heterocycles. The van der Waals surface area contributed by atoms with Crippen LogP contribution in [0.3, 0.4) is 0 Å². The van der Waals surface area contributed by atoms with Crippen LogP contribution in [0.25, 0.3) is 0 Å². The molecule has 0 radical (unpaired) electrons. The van der Waals surface area contributed by atoms with E-state index in [9.17, 15) is 14.7 Å². The Morgan fingerprint density at radius 1 is 1.25 bits per heavy atom. The number of carboxylic acid groups (broad SMARTS) is 1. The molecule has 0 bridgehead atoms. The van der Waals surface area contributed by atoms with Crippen molar-refractivity contribution in [3.8, 4) is 0 Å². The Balaban J connectivity index is 1.93. The second-order valence-corrected chi connectivity index (χ2v) is 5.20. The molecular formula is C14H19N3O3. The quantitative estimate of drug-likeness (QED) is 0.865. The van der Waals surface area contributed by atoms with Gasteiger partial charge in [0.2, 0.25) is 5.91 Å². The van der Waals surface area contributed by atoms with Crippen LogP contribution in [0.15, 0.2) is 12.4 Å². The van der Waals surface area contributed by atoms with Crippen molar-refractivity contribution in [1.82, 2.24) is 15.3 Å². The van der Waals surface area contributed by atoms with Crippen molar-refractivity contribution in [1.29, 1.82) is 0 Å². The van der Waals surface area contributed by atoms with E-state index in [-0.39, 0.29) is 12.5 Å². The van der Waals surface area contributed by atoms with Crippen molar-refractivity contribution in [2.24, 2.45) is 11.8 Å². The third-order valence-electron chi connectivity index (χ3n) is 3.70. The van der Waals surface area contributed by atoms with E-state index in [2.05, 4.69) is 15.3 Å². The molecule has 2 rings (SSSR count). The third kappa shape index (κ3) is 3.53. The molecule has 2 N–H and O–H groups in total. The first kappa shape index (κ1) is 14.4. The van der Waals surface area contributed by atoms with Crippen molar-refractivity contribution in [2.75, 3.05) is 0 Å². The molecule has 1 saturated carbocycles. The molecule has 0 saturated heterocycles. The van der Waals surface area contributed by atoms with Crippen LogP contribution in [0.2, 0.25) is 0 Å². The largest absolute Gasteiger partial charge is 0.481 e. The normalized spacial score (nSPS) is 22.2. The summed E-state index contributed by atoms with van der Waals surface area (Å²) in [5.41, 5.74) is 1.49. The molecule has 6 heteroatoms. The van der Waals surface area contributed by atoms with E-state index in [1.165, 1.54) is 0 Å². The monoisotopic (exact) mass is 277 g/mol. The average molecular weight is 277 g/mol. The van der Waals surface area contributed by atoms with E-state index in [1.54, 1.807) is 12.4 Å². The number of carboxylic acids is 1. The second kappa shape index (κ2) is 6.45. The molecule has 0 spiro atoms. The first-order valence-electron chi connectivity index (χ1n) is 6.86. The fourth-order valence-electron chi connectivity index (χ4n) is 2.56. The molecule has 0 aromatic carbocycles. The van der Waals surface area contributed by atoms with Gasteiger partial charge < -0.3 is 10.4 Å². The smallest absolute Gasteiger partial charge is 0.307 e. The maximum Gasteiger partial charge on any atom is 0.307 e. The average Bonchev–Trinajstić information content (AvgIpc) is 2.46. The fraction of sp³-hybridized carbons (Fsp3) is 0.571. The Bertz CT molecular complexity index is 487. The molecule has 2 atom stereocenters. The lowest BCUT2D eigenvalue weighted by Crippen LogP contribution is -2.39. The number of hydrogen-bond donors (Lipinski definition) is 2. The molecule has 1 fully saturated rings. The standard InChI is InChI=1S/C14H19N3O3/c1-9-6-16-10(7-15-9)8-17-13(18)11-4-2-3-5-12(11)14(19)20/h6-7,11-12H,2-5,8H2,1H3,(H,17,18)(H,19,20). The number of aromatic nitrogens is 2. The van der Waals surface area contributed by atoms with Gasteiger partial charge in [0.05, 0.1) is 36.0 Å². The Hall–Kier alpha value is -1.98. The molecule has 1 amide bonds. The van der Waals surface area contributed by atoms with Crippen LogP contribution in [-0.4, -0.2) is 27.0 Å². The van der Waals surface area contributed by atoms with Crippen LogP contribution in [0.1, 0.15) is 37.1 Å². The number of nitrogens with one attached hydrogen (secondary N) is 1. The first-order valence-corrected chi connectivity index (χ1v) is 6.86. The zero-order valence-corrected chi connectivity index (χ0v) is 11.5. The number of nitrogens with zero attached hydrogens (tertiary/aromatic N) is 2. The summed E-state index contributed by atoms with van der Waals surface area (Å²) in [7, 11) is 0. The summed E-state index contributed by atoms with van der Waals surface area (Å²) < 4.78 is 0. The SMILES string of the molecule is Cc1cnc(CNC(=O)C2CCCCC2C(=O)O)cn1. The lowest BCUT2D eigenvalue weighted by molar-refractivity contribution is -0.148. The molecule has 6 nitrogen and oxygen atoms in total. The zero-order valence-electron chi connectivity index (χ0n) is 11.5. The number of carbonyl (C=O) groups is 2. The van der Waals surface area contributed by atoms with E-state index in [1.807, 2.05) is 6.92 Å². The minimum atomic E-state index is -0.875. The van der Waals surface area contributed by atoms with Crippen LogP contribution in [0.4, 0.5) is 0 Å². The van der Waals surface area contributed by atoms with Crippen LogP contribution >= 0.6 is 0 Å². The molecule has 1 aromatic heterocycles.